The third kappa shape index (κ3) is 3.72. The van der Waals surface area contributed by atoms with E-state index in [1.165, 1.54) is 5.56 Å². The lowest BCUT2D eigenvalue weighted by Gasteiger charge is -2.27. The van der Waals surface area contributed by atoms with Gasteiger partial charge in [-0.3, -0.25) is 0 Å². The zero-order chi connectivity index (χ0) is 12.1. The molecule has 0 bridgehead atoms. The fourth-order valence-electron chi connectivity index (χ4n) is 2.23. The molecule has 94 valence electrons. The lowest BCUT2D eigenvalue weighted by molar-refractivity contribution is 0.0414. The van der Waals surface area contributed by atoms with Crippen LogP contribution in [0, 0.1) is 6.92 Å². The highest BCUT2D eigenvalue weighted by atomic mass is 16.3. The van der Waals surface area contributed by atoms with Crippen molar-refractivity contribution in [1.29, 1.82) is 0 Å². The Balaban J connectivity index is 1.89. The zero-order valence-electron chi connectivity index (χ0n) is 10.5. The summed E-state index contributed by atoms with van der Waals surface area (Å²) in [5, 5.41) is 17.1. The average Bonchev–Trinajstić information content (AvgIpc) is 2.54. The van der Waals surface area contributed by atoms with Crippen molar-refractivity contribution < 1.29 is 5.11 Å². The van der Waals surface area contributed by atoms with Gasteiger partial charge >= 0.3 is 0 Å². The van der Waals surface area contributed by atoms with Gasteiger partial charge < -0.3 is 15.7 Å². The van der Waals surface area contributed by atoms with Crippen LogP contribution in [-0.4, -0.2) is 30.3 Å². The monoisotopic (exact) mass is 234 g/mol. The molecule has 3 N–H and O–H groups in total. The quantitative estimate of drug-likeness (QED) is 0.748. The number of anilines is 1. The van der Waals surface area contributed by atoms with Crippen LogP contribution >= 0.6 is 0 Å². The van der Waals surface area contributed by atoms with Crippen molar-refractivity contribution in [3.05, 3.63) is 29.8 Å². The minimum absolute atomic E-state index is 0.561. The van der Waals surface area contributed by atoms with Crippen LogP contribution in [0.25, 0.3) is 0 Å². The second-order valence-electron chi connectivity index (χ2n) is 5.05. The van der Waals surface area contributed by atoms with Gasteiger partial charge in [0.1, 0.15) is 0 Å². The van der Waals surface area contributed by atoms with E-state index in [9.17, 15) is 5.11 Å². The Bertz CT molecular complexity index is 340. The molecule has 1 unspecified atom stereocenters. The first-order valence-corrected chi connectivity index (χ1v) is 6.42. The number of nitrogens with one attached hydrogen (secondary N) is 2. The van der Waals surface area contributed by atoms with Gasteiger partial charge in [-0.25, -0.2) is 0 Å². The summed E-state index contributed by atoms with van der Waals surface area (Å²) >= 11 is 0. The lowest BCUT2D eigenvalue weighted by Crippen LogP contribution is -2.37. The summed E-state index contributed by atoms with van der Waals surface area (Å²) in [6, 6.07) is 8.29. The van der Waals surface area contributed by atoms with Gasteiger partial charge in [-0.1, -0.05) is 17.7 Å². The Morgan fingerprint density at radius 3 is 2.76 bits per heavy atom. The lowest BCUT2D eigenvalue weighted by atomic mass is 9.95. The van der Waals surface area contributed by atoms with Gasteiger partial charge in [0.25, 0.3) is 0 Å². The summed E-state index contributed by atoms with van der Waals surface area (Å²) < 4.78 is 0. The summed E-state index contributed by atoms with van der Waals surface area (Å²) in [6.45, 7) is 4.64. The molecule has 1 heterocycles. The number of aliphatic hydroxyl groups is 1. The molecular formula is C14H22N2O. The van der Waals surface area contributed by atoms with Crippen molar-refractivity contribution in [2.45, 2.75) is 31.8 Å². The van der Waals surface area contributed by atoms with Crippen LogP contribution in [0.5, 0.6) is 0 Å². The maximum absolute atomic E-state index is 10.5. The molecule has 0 spiro atoms. The Morgan fingerprint density at radius 2 is 2.00 bits per heavy atom. The van der Waals surface area contributed by atoms with Gasteiger partial charge in [-0.15, -0.1) is 0 Å². The number of aryl methyl sites for hydroxylation is 1. The summed E-state index contributed by atoms with van der Waals surface area (Å²) in [7, 11) is 0. The van der Waals surface area contributed by atoms with Gasteiger partial charge in [0, 0.05) is 12.2 Å². The van der Waals surface area contributed by atoms with E-state index < -0.39 is 5.60 Å². The van der Waals surface area contributed by atoms with Crippen LogP contribution in [0.2, 0.25) is 0 Å². The second kappa shape index (κ2) is 5.52. The highest BCUT2D eigenvalue weighted by Gasteiger charge is 2.27. The average molecular weight is 234 g/mol. The molecule has 3 nitrogen and oxygen atoms in total. The molecule has 1 aliphatic rings. The van der Waals surface area contributed by atoms with Crippen molar-refractivity contribution in [1.82, 2.24) is 5.32 Å². The third-order valence-corrected chi connectivity index (χ3v) is 3.44. The van der Waals surface area contributed by atoms with Crippen LogP contribution in [0.3, 0.4) is 0 Å². The van der Waals surface area contributed by atoms with E-state index >= 15 is 0 Å². The van der Waals surface area contributed by atoms with E-state index in [1.807, 2.05) is 0 Å². The first kappa shape index (κ1) is 12.4. The number of hydrogen-bond acceptors (Lipinski definition) is 3. The molecule has 1 atom stereocenters. The van der Waals surface area contributed by atoms with Gasteiger partial charge in [-0.2, -0.15) is 0 Å². The molecule has 0 radical (unpaired) electrons. The Labute approximate surface area is 103 Å². The summed E-state index contributed by atoms with van der Waals surface area (Å²) in [4.78, 5) is 0. The number of rotatable bonds is 3. The zero-order valence-corrected chi connectivity index (χ0v) is 10.5. The Kier molecular flexibility index (Phi) is 4.02. The Morgan fingerprint density at radius 1 is 1.24 bits per heavy atom. The van der Waals surface area contributed by atoms with E-state index in [4.69, 9.17) is 0 Å². The highest BCUT2D eigenvalue weighted by Crippen LogP contribution is 2.20. The van der Waals surface area contributed by atoms with Gasteiger partial charge in [0.15, 0.2) is 0 Å². The van der Waals surface area contributed by atoms with Crippen molar-refractivity contribution in [3.8, 4) is 0 Å². The standard InChI is InChI=1S/C14H22N2O/c1-12-3-5-13(6-4-12)16-11-14(17)7-2-9-15-10-8-14/h3-6,15-17H,2,7-11H2,1H3. The van der Waals surface area contributed by atoms with Crippen molar-refractivity contribution in [2.24, 2.45) is 0 Å². The third-order valence-electron chi connectivity index (χ3n) is 3.44. The first-order chi connectivity index (χ1) is 8.18. The predicted octanol–water partition coefficient (Wildman–Crippen LogP) is 1.91. The van der Waals surface area contributed by atoms with Crippen molar-refractivity contribution >= 4 is 5.69 Å². The second-order valence-corrected chi connectivity index (χ2v) is 5.05. The van der Waals surface area contributed by atoms with Crippen molar-refractivity contribution in [2.75, 3.05) is 25.0 Å². The van der Waals surface area contributed by atoms with Crippen LogP contribution in [0.1, 0.15) is 24.8 Å². The molecule has 0 aliphatic carbocycles. The number of hydrogen-bond donors (Lipinski definition) is 3. The molecular weight excluding hydrogens is 212 g/mol. The summed E-state index contributed by atoms with van der Waals surface area (Å²) in [5.41, 5.74) is 1.78. The Hall–Kier alpha value is -1.06. The van der Waals surface area contributed by atoms with Crippen LogP contribution < -0.4 is 10.6 Å². The summed E-state index contributed by atoms with van der Waals surface area (Å²) in [6.07, 6.45) is 2.75. The smallest absolute Gasteiger partial charge is 0.0831 e. The molecule has 1 aromatic carbocycles. The van der Waals surface area contributed by atoms with Gasteiger partial charge in [0.05, 0.1) is 5.60 Å². The van der Waals surface area contributed by atoms with Gasteiger partial charge in [0.2, 0.25) is 0 Å². The molecule has 0 aromatic heterocycles. The molecule has 3 heteroatoms. The normalized spacial score (nSPS) is 25.3. The van der Waals surface area contributed by atoms with Gasteiger partial charge in [-0.05, 0) is 51.4 Å². The molecule has 2 rings (SSSR count). The largest absolute Gasteiger partial charge is 0.388 e. The van der Waals surface area contributed by atoms with Crippen LogP contribution in [0.4, 0.5) is 5.69 Å². The number of benzene rings is 1. The first-order valence-electron chi connectivity index (χ1n) is 6.42. The van der Waals surface area contributed by atoms with E-state index in [0.717, 1.165) is 38.0 Å². The van der Waals surface area contributed by atoms with E-state index in [2.05, 4.69) is 41.8 Å². The highest BCUT2D eigenvalue weighted by molar-refractivity contribution is 5.44. The molecule has 17 heavy (non-hydrogen) atoms. The molecule has 0 amide bonds. The van der Waals surface area contributed by atoms with Crippen LogP contribution in [-0.2, 0) is 0 Å². The maximum Gasteiger partial charge on any atom is 0.0831 e. The molecule has 1 aliphatic heterocycles. The topological polar surface area (TPSA) is 44.3 Å². The van der Waals surface area contributed by atoms with Crippen molar-refractivity contribution in [3.63, 3.8) is 0 Å². The minimum Gasteiger partial charge on any atom is -0.388 e. The molecule has 1 saturated heterocycles. The van der Waals surface area contributed by atoms with E-state index in [-0.39, 0.29) is 0 Å². The molecule has 0 saturated carbocycles. The van der Waals surface area contributed by atoms with E-state index in [1.54, 1.807) is 0 Å². The molecule has 1 fully saturated rings. The van der Waals surface area contributed by atoms with E-state index in [0.29, 0.717) is 6.54 Å². The summed E-state index contributed by atoms with van der Waals surface area (Å²) in [5.74, 6) is 0. The fourth-order valence-corrected chi connectivity index (χ4v) is 2.23. The fraction of sp³-hybridized carbons (Fsp3) is 0.571. The minimum atomic E-state index is -0.561. The maximum atomic E-state index is 10.5. The molecule has 1 aromatic rings. The van der Waals surface area contributed by atoms with Crippen LogP contribution in [0.15, 0.2) is 24.3 Å². The SMILES string of the molecule is Cc1ccc(NCC2(O)CCCNCC2)cc1. The predicted molar refractivity (Wildman–Crippen MR) is 71.3 cm³/mol.